The average Bonchev–Trinajstić information content (AvgIpc) is 2.48. The van der Waals surface area contributed by atoms with Gasteiger partial charge in [-0.15, -0.1) is 0 Å². The zero-order chi connectivity index (χ0) is 15.5. The molecule has 1 aromatic rings. The SMILES string of the molecule is CCCCCCC(=O)C[C@@H](SCCO)c1ccccc1Cl. The highest BCUT2D eigenvalue weighted by Crippen LogP contribution is 2.36. The van der Waals surface area contributed by atoms with Crippen LogP contribution in [0.4, 0.5) is 0 Å². The first-order chi connectivity index (χ1) is 10.2. The number of carbonyl (C=O) groups is 1. The highest BCUT2D eigenvalue weighted by Gasteiger charge is 2.18. The van der Waals surface area contributed by atoms with Crippen LogP contribution in [-0.4, -0.2) is 23.2 Å². The van der Waals surface area contributed by atoms with Crippen molar-refractivity contribution in [2.45, 2.75) is 50.7 Å². The van der Waals surface area contributed by atoms with Crippen molar-refractivity contribution in [2.75, 3.05) is 12.4 Å². The molecular weight excluding hydrogens is 304 g/mol. The fourth-order valence-electron chi connectivity index (χ4n) is 2.25. The quantitative estimate of drug-likeness (QED) is 0.578. The lowest BCUT2D eigenvalue weighted by Gasteiger charge is -2.17. The van der Waals surface area contributed by atoms with Gasteiger partial charge in [-0.2, -0.15) is 11.8 Å². The minimum atomic E-state index is 0.0459. The molecule has 1 atom stereocenters. The molecule has 0 aliphatic carbocycles. The van der Waals surface area contributed by atoms with Crippen molar-refractivity contribution in [1.29, 1.82) is 0 Å². The average molecular weight is 329 g/mol. The van der Waals surface area contributed by atoms with E-state index in [0.717, 1.165) is 18.4 Å². The number of carbonyl (C=O) groups excluding carboxylic acids is 1. The molecule has 1 N–H and O–H groups in total. The Morgan fingerprint density at radius 2 is 2.05 bits per heavy atom. The Bertz CT molecular complexity index is 423. The van der Waals surface area contributed by atoms with Gasteiger partial charge in [0.25, 0.3) is 0 Å². The van der Waals surface area contributed by atoms with Crippen LogP contribution in [0.3, 0.4) is 0 Å². The van der Waals surface area contributed by atoms with E-state index in [1.165, 1.54) is 12.8 Å². The molecule has 0 bridgehead atoms. The molecule has 0 amide bonds. The number of hydrogen-bond donors (Lipinski definition) is 1. The number of unbranched alkanes of at least 4 members (excludes halogenated alkanes) is 3. The predicted molar refractivity (Wildman–Crippen MR) is 92.1 cm³/mol. The zero-order valence-electron chi connectivity index (χ0n) is 12.7. The molecule has 118 valence electrons. The molecule has 1 rings (SSSR count). The third kappa shape index (κ3) is 7.35. The van der Waals surface area contributed by atoms with Crippen LogP contribution >= 0.6 is 23.4 Å². The van der Waals surface area contributed by atoms with Gasteiger partial charge in [0.1, 0.15) is 5.78 Å². The molecule has 0 radical (unpaired) electrons. The predicted octanol–water partition coefficient (Wildman–Crippen LogP) is 5.04. The molecule has 2 nitrogen and oxygen atoms in total. The topological polar surface area (TPSA) is 37.3 Å². The van der Waals surface area contributed by atoms with Crippen molar-refractivity contribution in [3.63, 3.8) is 0 Å². The summed E-state index contributed by atoms with van der Waals surface area (Å²) in [6, 6.07) is 7.67. The molecule has 0 aliphatic rings. The summed E-state index contributed by atoms with van der Waals surface area (Å²) in [5, 5.41) is 9.77. The maximum absolute atomic E-state index is 12.1. The lowest BCUT2D eigenvalue weighted by molar-refractivity contribution is -0.119. The minimum Gasteiger partial charge on any atom is -0.396 e. The molecular formula is C17H25ClO2S. The lowest BCUT2D eigenvalue weighted by atomic mass is 10.0. The number of rotatable bonds is 11. The van der Waals surface area contributed by atoms with E-state index >= 15 is 0 Å². The summed E-state index contributed by atoms with van der Waals surface area (Å²) < 4.78 is 0. The Morgan fingerprint density at radius 1 is 1.29 bits per heavy atom. The third-order valence-corrected chi connectivity index (χ3v) is 4.97. The molecule has 21 heavy (non-hydrogen) atoms. The molecule has 0 fully saturated rings. The first kappa shape index (κ1) is 18.5. The van der Waals surface area contributed by atoms with Crippen LogP contribution < -0.4 is 0 Å². The first-order valence-electron chi connectivity index (χ1n) is 7.67. The Balaban J connectivity index is 2.58. The number of hydrogen-bond acceptors (Lipinski definition) is 3. The molecule has 0 saturated heterocycles. The highest BCUT2D eigenvalue weighted by atomic mass is 35.5. The van der Waals surface area contributed by atoms with Crippen LogP contribution in [-0.2, 0) is 4.79 Å². The summed E-state index contributed by atoms with van der Waals surface area (Å²) >= 11 is 7.85. The fraction of sp³-hybridized carbons (Fsp3) is 0.588. The van der Waals surface area contributed by atoms with Crippen molar-refractivity contribution in [2.24, 2.45) is 0 Å². The van der Waals surface area contributed by atoms with Crippen molar-refractivity contribution in [1.82, 2.24) is 0 Å². The van der Waals surface area contributed by atoms with Crippen LogP contribution in [0.2, 0.25) is 5.02 Å². The van der Waals surface area contributed by atoms with Crippen LogP contribution in [0.1, 0.15) is 56.3 Å². The standard InChI is InChI=1S/C17H25ClO2S/c1-2-3-4-5-8-14(20)13-17(21-12-11-19)15-9-6-7-10-16(15)18/h6-7,9-10,17,19H,2-5,8,11-13H2,1H3/t17-/m1/s1. The van der Waals surface area contributed by atoms with E-state index < -0.39 is 0 Å². The first-order valence-corrected chi connectivity index (χ1v) is 9.10. The van der Waals surface area contributed by atoms with Crippen molar-refractivity contribution < 1.29 is 9.90 Å². The number of thioether (sulfide) groups is 1. The van der Waals surface area contributed by atoms with Gasteiger partial charge in [0.2, 0.25) is 0 Å². The Kier molecular flexibility index (Phi) is 9.81. The molecule has 0 saturated carbocycles. The highest BCUT2D eigenvalue weighted by molar-refractivity contribution is 7.99. The summed E-state index contributed by atoms with van der Waals surface area (Å²) in [6.45, 7) is 2.29. The summed E-state index contributed by atoms with van der Waals surface area (Å²) in [4.78, 5) is 12.1. The minimum absolute atomic E-state index is 0.0459. The Morgan fingerprint density at radius 3 is 2.71 bits per heavy atom. The van der Waals surface area contributed by atoms with E-state index in [9.17, 15) is 4.79 Å². The van der Waals surface area contributed by atoms with E-state index in [1.807, 2.05) is 24.3 Å². The normalized spacial score (nSPS) is 12.3. The van der Waals surface area contributed by atoms with Gasteiger partial charge in [0.15, 0.2) is 0 Å². The molecule has 0 spiro atoms. The Labute approximate surface area is 137 Å². The monoisotopic (exact) mass is 328 g/mol. The molecule has 4 heteroatoms. The van der Waals surface area contributed by atoms with Crippen LogP contribution in [0.5, 0.6) is 0 Å². The van der Waals surface area contributed by atoms with Crippen LogP contribution in [0.25, 0.3) is 0 Å². The molecule has 0 heterocycles. The smallest absolute Gasteiger partial charge is 0.134 e. The zero-order valence-corrected chi connectivity index (χ0v) is 14.3. The number of halogens is 1. The Hall–Kier alpha value is -0.510. The maximum atomic E-state index is 12.1. The van der Waals surface area contributed by atoms with E-state index in [2.05, 4.69) is 6.92 Å². The fourth-order valence-corrected chi connectivity index (χ4v) is 3.66. The number of ketones is 1. The second-order valence-electron chi connectivity index (χ2n) is 5.16. The van der Waals surface area contributed by atoms with Gasteiger partial charge in [-0.1, -0.05) is 56.0 Å². The second kappa shape index (κ2) is 11.1. The molecule has 0 aromatic heterocycles. The summed E-state index contributed by atoms with van der Waals surface area (Å²) in [5.41, 5.74) is 1.000. The van der Waals surface area contributed by atoms with Gasteiger partial charge in [-0.3, -0.25) is 4.79 Å². The van der Waals surface area contributed by atoms with Crippen LogP contribution in [0, 0.1) is 0 Å². The van der Waals surface area contributed by atoms with Crippen molar-refractivity contribution >= 4 is 29.1 Å². The van der Waals surface area contributed by atoms with Gasteiger partial charge < -0.3 is 5.11 Å². The third-order valence-electron chi connectivity index (χ3n) is 3.38. The molecule has 1 aromatic carbocycles. The number of aliphatic hydroxyl groups is 1. The second-order valence-corrected chi connectivity index (χ2v) is 6.88. The summed E-state index contributed by atoms with van der Waals surface area (Å²) in [7, 11) is 0. The summed E-state index contributed by atoms with van der Waals surface area (Å²) in [6.07, 6.45) is 5.64. The van der Waals surface area contributed by atoms with E-state index in [4.69, 9.17) is 16.7 Å². The van der Waals surface area contributed by atoms with Gasteiger partial charge in [-0.05, 0) is 18.1 Å². The number of Topliss-reactive ketones (excluding diaryl/α,β-unsaturated/α-hetero) is 1. The van der Waals surface area contributed by atoms with Gasteiger partial charge in [-0.25, -0.2) is 0 Å². The maximum Gasteiger partial charge on any atom is 0.134 e. The van der Waals surface area contributed by atoms with E-state index in [0.29, 0.717) is 29.4 Å². The lowest BCUT2D eigenvalue weighted by Crippen LogP contribution is -2.06. The van der Waals surface area contributed by atoms with Crippen molar-refractivity contribution in [3.8, 4) is 0 Å². The number of aliphatic hydroxyl groups excluding tert-OH is 1. The van der Waals surface area contributed by atoms with Crippen LogP contribution in [0.15, 0.2) is 24.3 Å². The van der Waals surface area contributed by atoms with Gasteiger partial charge in [0.05, 0.1) is 6.61 Å². The van der Waals surface area contributed by atoms with E-state index in [-0.39, 0.29) is 11.9 Å². The number of benzene rings is 1. The molecule has 0 unspecified atom stereocenters. The van der Waals surface area contributed by atoms with Crippen molar-refractivity contribution in [3.05, 3.63) is 34.9 Å². The van der Waals surface area contributed by atoms with Gasteiger partial charge >= 0.3 is 0 Å². The van der Waals surface area contributed by atoms with Gasteiger partial charge in [0, 0.05) is 28.9 Å². The summed E-state index contributed by atoms with van der Waals surface area (Å²) in [5.74, 6) is 0.917. The van der Waals surface area contributed by atoms with E-state index in [1.54, 1.807) is 11.8 Å². The largest absolute Gasteiger partial charge is 0.396 e. The molecule has 0 aliphatic heterocycles.